The number of likely N-dealkylation sites (N-methyl/N-ethyl adjacent to an activating group) is 1. The number of quaternary nitrogens is 1. The van der Waals surface area contributed by atoms with E-state index in [1.54, 1.807) is 0 Å². The van der Waals surface area contributed by atoms with Crippen LogP contribution in [0.15, 0.2) is 122 Å². The van der Waals surface area contributed by atoms with Gasteiger partial charge in [0.25, 0.3) is 0 Å². The fourth-order valence-electron chi connectivity index (χ4n) is 8.39. The highest BCUT2D eigenvalue weighted by Crippen LogP contribution is 2.16. The highest BCUT2D eigenvalue weighted by molar-refractivity contribution is 5.70. The number of hydrogen-bond acceptors (Lipinski definition) is 8. The topological polar surface area (TPSA) is 111 Å². The Labute approximate surface area is 485 Å². The van der Waals surface area contributed by atoms with E-state index in [1.807, 2.05) is 21.1 Å². The summed E-state index contributed by atoms with van der Waals surface area (Å²) in [5, 5.41) is 11.8. The van der Waals surface area contributed by atoms with E-state index in [2.05, 4.69) is 135 Å². The molecule has 9 heteroatoms. The Morgan fingerprint density at radius 1 is 0.392 bits per heavy atom. The maximum absolute atomic E-state index is 12.9. The number of aliphatic carboxylic acids is 1. The Morgan fingerprint density at radius 2 is 0.722 bits per heavy atom. The first-order valence-electron chi connectivity index (χ1n) is 31.7. The first kappa shape index (κ1) is 74.7. The SMILES string of the molecule is CC/C=C\C/C=C\C/C=C\C/C=C\C/C=C\C/C=C\C/C=C\C/C=C\C/C=C\C/C=C\CCCCCCCCC(=O)OC(COC(=O)CCCCCCCCCCCCCCCCCCC)COC(OCC[N+](C)(C)C)C(=O)[O-]. The van der Waals surface area contributed by atoms with E-state index in [0.29, 0.717) is 17.4 Å². The fourth-order valence-corrected chi connectivity index (χ4v) is 8.39. The van der Waals surface area contributed by atoms with Crippen molar-refractivity contribution >= 4 is 17.9 Å². The monoisotopic (exact) mass is 1100 g/mol. The van der Waals surface area contributed by atoms with E-state index < -0.39 is 24.3 Å². The van der Waals surface area contributed by atoms with Crippen LogP contribution in [-0.2, 0) is 33.3 Å². The maximum Gasteiger partial charge on any atom is 0.306 e. The number of carboxylic acids is 1. The van der Waals surface area contributed by atoms with Crippen LogP contribution in [0.4, 0.5) is 0 Å². The second-order valence-corrected chi connectivity index (χ2v) is 22.0. The van der Waals surface area contributed by atoms with Crippen molar-refractivity contribution in [1.29, 1.82) is 0 Å². The molecule has 0 rings (SSSR count). The number of carbonyl (C=O) groups excluding carboxylic acids is 3. The van der Waals surface area contributed by atoms with Crippen LogP contribution < -0.4 is 5.11 Å². The van der Waals surface area contributed by atoms with Crippen LogP contribution >= 0.6 is 0 Å². The zero-order chi connectivity index (χ0) is 57.6. The van der Waals surface area contributed by atoms with Crippen molar-refractivity contribution in [2.24, 2.45) is 0 Å². The van der Waals surface area contributed by atoms with E-state index >= 15 is 0 Å². The molecule has 0 aromatic heterocycles. The second kappa shape index (κ2) is 59.8. The Kier molecular flexibility index (Phi) is 56.5. The van der Waals surface area contributed by atoms with Crippen LogP contribution in [0, 0.1) is 0 Å². The van der Waals surface area contributed by atoms with Gasteiger partial charge in [-0.25, -0.2) is 0 Å². The second-order valence-electron chi connectivity index (χ2n) is 22.0. The molecule has 9 nitrogen and oxygen atoms in total. The highest BCUT2D eigenvalue weighted by Gasteiger charge is 2.22. The minimum atomic E-state index is -1.63. The minimum Gasteiger partial charge on any atom is -0.545 e. The van der Waals surface area contributed by atoms with E-state index in [-0.39, 0.29) is 38.6 Å². The van der Waals surface area contributed by atoms with Gasteiger partial charge in [-0.15, -0.1) is 0 Å². The number of hydrogen-bond donors (Lipinski definition) is 0. The van der Waals surface area contributed by atoms with Crippen LogP contribution in [0.3, 0.4) is 0 Å². The van der Waals surface area contributed by atoms with E-state index in [0.717, 1.165) is 122 Å². The van der Waals surface area contributed by atoms with Crippen LogP contribution in [0.2, 0.25) is 0 Å². The number of carbonyl (C=O) groups is 3. The normalized spacial score (nSPS) is 13.6. The smallest absolute Gasteiger partial charge is 0.306 e. The Bertz CT molecular complexity index is 1710. The number of allylic oxidation sites excluding steroid dienone is 20. The molecule has 0 aliphatic rings. The van der Waals surface area contributed by atoms with Gasteiger partial charge in [-0.05, 0) is 89.9 Å². The van der Waals surface area contributed by atoms with Gasteiger partial charge in [-0.3, -0.25) is 9.59 Å². The Hall–Kier alpha value is -4.31. The lowest BCUT2D eigenvalue weighted by atomic mass is 10.0. The van der Waals surface area contributed by atoms with Crippen LogP contribution in [0.25, 0.3) is 0 Å². The Morgan fingerprint density at radius 3 is 1.08 bits per heavy atom. The third-order valence-electron chi connectivity index (χ3n) is 13.2. The summed E-state index contributed by atoms with van der Waals surface area (Å²) in [7, 11) is 5.91. The molecule has 0 aromatic carbocycles. The molecular weight excluding hydrogens is 983 g/mol. The van der Waals surface area contributed by atoms with Crippen molar-refractivity contribution in [3.05, 3.63) is 122 Å². The third kappa shape index (κ3) is 61.2. The molecule has 0 spiro atoms. The minimum absolute atomic E-state index is 0.140. The molecule has 450 valence electrons. The average Bonchev–Trinajstić information content (AvgIpc) is 3.42. The summed E-state index contributed by atoms with van der Waals surface area (Å²) >= 11 is 0. The first-order chi connectivity index (χ1) is 38.6. The zero-order valence-corrected chi connectivity index (χ0v) is 51.2. The average molecular weight is 1100 g/mol. The van der Waals surface area contributed by atoms with Gasteiger partial charge in [0.15, 0.2) is 12.4 Å². The molecule has 0 radical (unpaired) electrons. The van der Waals surface area contributed by atoms with Gasteiger partial charge in [0.2, 0.25) is 0 Å². The molecule has 0 amide bonds. The molecule has 79 heavy (non-hydrogen) atoms. The summed E-state index contributed by atoms with van der Waals surface area (Å²) in [5.41, 5.74) is 0. The quantitative estimate of drug-likeness (QED) is 0.0195. The maximum atomic E-state index is 12.9. The van der Waals surface area contributed by atoms with Crippen LogP contribution in [-0.4, -0.2) is 82.3 Å². The van der Waals surface area contributed by atoms with Gasteiger partial charge in [-0.2, -0.15) is 0 Å². The van der Waals surface area contributed by atoms with Crippen LogP contribution in [0.1, 0.15) is 245 Å². The lowest BCUT2D eigenvalue weighted by Crippen LogP contribution is -2.44. The van der Waals surface area contributed by atoms with Gasteiger partial charge >= 0.3 is 11.9 Å². The van der Waals surface area contributed by atoms with Crippen LogP contribution in [0.5, 0.6) is 0 Å². The van der Waals surface area contributed by atoms with Crippen molar-refractivity contribution in [1.82, 2.24) is 0 Å². The van der Waals surface area contributed by atoms with E-state index in [4.69, 9.17) is 18.9 Å². The summed E-state index contributed by atoms with van der Waals surface area (Å²) in [6, 6.07) is 0. The summed E-state index contributed by atoms with van der Waals surface area (Å²) in [6.45, 7) is 4.62. The summed E-state index contributed by atoms with van der Waals surface area (Å²) < 4.78 is 22.7. The molecule has 0 saturated heterocycles. The molecule has 0 aliphatic carbocycles. The van der Waals surface area contributed by atoms with Gasteiger partial charge in [0, 0.05) is 12.8 Å². The molecule has 0 aliphatic heterocycles. The van der Waals surface area contributed by atoms with Gasteiger partial charge in [0.1, 0.15) is 13.2 Å². The molecule has 0 aromatic rings. The predicted molar refractivity (Wildman–Crippen MR) is 333 cm³/mol. The lowest BCUT2D eigenvalue weighted by molar-refractivity contribution is -0.870. The molecule has 2 atom stereocenters. The van der Waals surface area contributed by atoms with Crippen molar-refractivity contribution in [3.8, 4) is 0 Å². The fraction of sp³-hybridized carbons (Fsp3) is 0.671. The molecule has 0 bridgehead atoms. The van der Waals surface area contributed by atoms with Crippen molar-refractivity contribution in [2.45, 2.75) is 257 Å². The number of rotatable bonds is 57. The molecule has 0 heterocycles. The van der Waals surface area contributed by atoms with E-state index in [1.165, 1.54) is 89.9 Å². The van der Waals surface area contributed by atoms with Gasteiger partial charge in [-0.1, -0.05) is 264 Å². The molecule has 0 saturated carbocycles. The molecule has 0 N–H and O–H groups in total. The number of nitrogens with zero attached hydrogens (tertiary/aromatic N) is 1. The predicted octanol–water partition coefficient (Wildman–Crippen LogP) is 17.9. The van der Waals surface area contributed by atoms with E-state index in [9.17, 15) is 19.5 Å². The standard InChI is InChI=1S/C70H117NO8/c1-6-8-10-12-14-16-18-20-22-24-25-26-27-28-29-30-31-32-33-34-35-36-37-38-39-40-41-42-43-45-47-49-51-53-55-57-59-61-68(73)79-66(65-78-70(69(74)75)76-63-62-71(3,4)5)64-77-67(72)60-58-56-54-52-50-48-46-44-23-21-19-17-15-13-11-9-7-2/h8,10,14,16,20,22,25-26,28-29,31-32,34-35,37-38,40-41,43,45,66,70H,6-7,9,11-13,15,17-19,21,23-24,27,30,33,36,39,42,44,46-65H2,1-5H3/b10-8-,16-14-,22-20-,26-25-,29-28-,32-31-,35-34-,38-37-,41-40-,45-43-. The summed E-state index contributed by atoms with van der Waals surface area (Å²) in [6.07, 6.45) is 81.1. The number of ether oxygens (including phenoxy) is 4. The highest BCUT2D eigenvalue weighted by atomic mass is 16.7. The Balaban J connectivity index is 4.23. The zero-order valence-electron chi connectivity index (χ0n) is 51.2. The van der Waals surface area contributed by atoms with Crippen molar-refractivity contribution < 1.29 is 42.9 Å². The molecular formula is C70H117NO8. The number of carboxylic acid groups (broad SMARTS) is 1. The summed E-state index contributed by atoms with van der Waals surface area (Å²) in [5.74, 6) is -2.31. The van der Waals surface area contributed by atoms with Crippen molar-refractivity contribution in [3.63, 3.8) is 0 Å². The molecule has 2 unspecified atom stereocenters. The van der Waals surface area contributed by atoms with Gasteiger partial charge in [0.05, 0.1) is 40.3 Å². The number of unbranched alkanes of at least 4 members (excludes halogenated alkanes) is 22. The first-order valence-corrected chi connectivity index (χ1v) is 31.7. The van der Waals surface area contributed by atoms with Crippen molar-refractivity contribution in [2.75, 3.05) is 47.5 Å². The third-order valence-corrected chi connectivity index (χ3v) is 13.2. The van der Waals surface area contributed by atoms with Gasteiger partial charge < -0.3 is 33.3 Å². The summed E-state index contributed by atoms with van der Waals surface area (Å²) in [4.78, 5) is 37.3. The number of esters is 2. The molecule has 0 fully saturated rings. The largest absolute Gasteiger partial charge is 0.545 e. The lowest BCUT2D eigenvalue weighted by Gasteiger charge is -2.26.